The first-order valence-electron chi connectivity index (χ1n) is 5.24. The largest absolute Gasteiger partial charge is 0.383 e. The fraction of sp³-hybridized carbons (Fsp3) is 0.545. The normalized spacial score (nSPS) is 12.5. The number of methoxy groups -OCH3 is 1. The molecule has 0 radical (unpaired) electrons. The van der Waals surface area contributed by atoms with Gasteiger partial charge in [-0.1, -0.05) is 0 Å². The lowest BCUT2D eigenvalue weighted by atomic mass is 10.2. The minimum atomic E-state index is -0.00208. The maximum atomic E-state index is 12.1. The molecule has 1 atom stereocenters. The number of ether oxygens (including phenoxy) is 1. The molecule has 0 aliphatic carbocycles. The molecule has 0 aromatic carbocycles. The van der Waals surface area contributed by atoms with Gasteiger partial charge in [-0.2, -0.15) is 0 Å². The fourth-order valence-corrected chi connectivity index (χ4v) is 1.98. The van der Waals surface area contributed by atoms with Crippen molar-refractivity contribution in [3.8, 4) is 0 Å². The maximum Gasteiger partial charge on any atom is 0.270 e. The first-order chi connectivity index (χ1) is 7.60. The minimum Gasteiger partial charge on any atom is -0.383 e. The average molecular weight is 289 g/mol. The van der Waals surface area contributed by atoms with Gasteiger partial charge in [-0.3, -0.25) is 4.79 Å². The van der Waals surface area contributed by atoms with Crippen LogP contribution < -0.4 is 0 Å². The highest BCUT2D eigenvalue weighted by atomic mass is 79.9. The van der Waals surface area contributed by atoms with Gasteiger partial charge in [0.1, 0.15) is 5.69 Å². The zero-order valence-electron chi connectivity index (χ0n) is 9.79. The van der Waals surface area contributed by atoms with Crippen molar-refractivity contribution in [1.29, 1.82) is 0 Å². The van der Waals surface area contributed by atoms with Crippen molar-refractivity contribution in [2.75, 3.05) is 20.3 Å². The highest BCUT2D eigenvalue weighted by molar-refractivity contribution is 9.10. The molecule has 90 valence electrons. The van der Waals surface area contributed by atoms with Crippen molar-refractivity contribution < 1.29 is 9.53 Å². The van der Waals surface area contributed by atoms with Gasteiger partial charge in [-0.15, -0.1) is 0 Å². The number of amides is 1. The van der Waals surface area contributed by atoms with Crippen molar-refractivity contribution in [2.45, 2.75) is 19.9 Å². The lowest BCUT2D eigenvalue weighted by molar-refractivity contribution is 0.0574. The van der Waals surface area contributed by atoms with E-state index in [1.54, 1.807) is 24.3 Å². The topological polar surface area (TPSA) is 45.3 Å². The summed E-state index contributed by atoms with van der Waals surface area (Å²) in [5, 5.41) is 0. The fourth-order valence-electron chi connectivity index (χ4n) is 1.63. The Morgan fingerprint density at radius 1 is 1.69 bits per heavy atom. The third kappa shape index (κ3) is 3.09. The number of halogens is 1. The second-order valence-electron chi connectivity index (χ2n) is 3.63. The molecule has 0 spiro atoms. The Hall–Kier alpha value is -0.810. The Morgan fingerprint density at radius 2 is 2.38 bits per heavy atom. The summed E-state index contributed by atoms with van der Waals surface area (Å²) in [5.41, 5.74) is 0.594. The van der Waals surface area contributed by atoms with Crippen molar-refractivity contribution in [1.82, 2.24) is 9.88 Å². The van der Waals surface area contributed by atoms with Crippen LogP contribution in [0.3, 0.4) is 0 Å². The van der Waals surface area contributed by atoms with E-state index >= 15 is 0 Å². The van der Waals surface area contributed by atoms with Crippen molar-refractivity contribution in [3.05, 3.63) is 22.4 Å². The molecule has 1 unspecified atom stereocenters. The number of carbonyl (C=O) groups excluding carboxylic acids is 1. The van der Waals surface area contributed by atoms with Gasteiger partial charge in [0, 0.05) is 24.3 Å². The smallest absolute Gasteiger partial charge is 0.270 e. The van der Waals surface area contributed by atoms with E-state index < -0.39 is 0 Å². The molecule has 1 aromatic heterocycles. The van der Waals surface area contributed by atoms with Crippen LogP contribution in [0.5, 0.6) is 0 Å². The number of aromatic nitrogens is 1. The van der Waals surface area contributed by atoms with Gasteiger partial charge in [0.15, 0.2) is 0 Å². The number of nitrogens with zero attached hydrogens (tertiary/aromatic N) is 1. The quantitative estimate of drug-likeness (QED) is 0.903. The number of aromatic amines is 1. The zero-order valence-corrected chi connectivity index (χ0v) is 11.4. The van der Waals surface area contributed by atoms with Crippen LogP contribution in [-0.4, -0.2) is 42.1 Å². The van der Waals surface area contributed by atoms with E-state index in [9.17, 15) is 4.79 Å². The monoisotopic (exact) mass is 288 g/mol. The molecular weight excluding hydrogens is 272 g/mol. The maximum absolute atomic E-state index is 12.1. The molecule has 1 amide bonds. The molecule has 0 bridgehead atoms. The summed E-state index contributed by atoms with van der Waals surface area (Å²) in [6.45, 7) is 5.15. The summed E-state index contributed by atoms with van der Waals surface area (Å²) in [6.07, 6.45) is 1.75. The van der Waals surface area contributed by atoms with Gasteiger partial charge >= 0.3 is 0 Å². The van der Waals surface area contributed by atoms with E-state index in [0.29, 0.717) is 18.8 Å². The van der Waals surface area contributed by atoms with Crippen molar-refractivity contribution >= 4 is 21.8 Å². The molecule has 5 heteroatoms. The molecule has 4 nitrogen and oxygen atoms in total. The Balaban J connectivity index is 2.77. The molecule has 0 aliphatic rings. The van der Waals surface area contributed by atoms with Crippen molar-refractivity contribution in [2.24, 2.45) is 0 Å². The van der Waals surface area contributed by atoms with Crippen LogP contribution in [0, 0.1) is 0 Å². The molecule has 1 heterocycles. The predicted octanol–water partition coefficient (Wildman–Crippen LogP) is 2.27. The van der Waals surface area contributed by atoms with Crippen molar-refractivity contribution in [3.63, 3.8) is 0 Å². The number of carbonyl (C=O) groups is 1. The third-order valence-electron chi connectivity index (χ3n) is 2.42. The number of hydrogen-bond acceptors (Lipinski definition) is 2. The van der Waals surface area contributed by atoms with Crippen LogP contribution in [0.1, 0.15) is 24.3 Å². The van der Waals surface area contributed by atoms with Crippen LogP contribution in [-0.2, 0) is 4.74 Å². The molecule has 16 heavy (non-hydrogen) atoms. The van der Waals surface area contributed by atoms with E-state index in [1.807, 2.05) is 13.8 Å². The first-order valence-corrected chi connectivity index (χ1v) is 6.03. The zero-order chi connectivity index (χ0) is 12.1. The molecule has 1 rings (SSSR count). The number of H-pyrrole nitrogens is 1. The molecule has 0 saturated carbocycles. The standard InChI is InChI=1S/C11H17BrN2O2/c1-4-14(8(2)7-16-3)11(15)10-5-9(12)6-13-10/h5-6,8,13H,4,7H2,1-3H3. The minimum absolute atomic E-state index is 0.00208. The summed E-state index contributed by atoms with van der Waals surface area (Å²) >= 11 is 3.31. The van der Waals surface area contributed by atoms with E-state index in [1.165, 1.54) is 0 Å². The molecule has 0 saturated heterocycles. The van der Waals surface area contributed by atoms with Crippen LogP contribution in [0.4, 0.5) is 0 Å². The molecule has 1 aromatic rings. The van der Waals surface area contributed by atoms with Crippen LogP contribution in [0.15, 0.2) is 16.7 Å². The van der Waals surface area contributed by atoms with Gasteiger partial charge in [-0.25, -0.2) is 0 Å². The van der Waals surface area contributed by atoms with Gasteiger partial charge < -0.3 is 14.6 Å². The van der Waals surface area contributed by atoms with Gasteiger partial charge in [0.2, 0.25) is 0 Å². The molecular formula is C11H17BrN2O2. The Bertz CT molecular complexity index is 352. The lowest BCUT2D eigenvalue weighted by Gasteiger charge is -2.27. The number of likely N-dealkylation sites (N-methyl/N-ethyl adjacent to an activating group) is 1. The van der Waals surface area contributed by atoms with Gasteiger partial charge in [0.05, 0.1) is 12.6 Å². The summed E-state index contributed by atoms with van der Waals surface area (Å²) in [7, 11) is 1.64. The Labute approximate surface area is 104 Å². The average Bonchev–Trinajstić information content (AvgIpc) is 2.66. The van der Waals surface area contributed by atoms with Gasteiger partial charge in [-0.05, 0) is 35.8 Å². The Kier molecular flexibility index (Phi) is 5.02. The number of hydrogen-bond donors (Lipinski definition) is 1. The van der Waals surface area contributed by atoms with E-state index in [4.69, 9.17) is 4.74 Å². The number of rotatable bonds is 5. The molecule has 1 N–H and O–H groups in total. The van der Waals surface area contributed by atoms with Crippen LogP contribution in [0.2, 0.25) is 0 Å². The van der Waals surface area contributed by atoms with E-state index in [-0.39, 0.29) is 11.9 Å². The van der Waals surface area contributed by atoms with Crippen LogP contribution in [0.25, 0.3) is 0 Å². The SMILES string of the molecule is CCN(C(=O)c1cc(Br)c[nH]1)C(C)COC. The Morgan fingerprint density at radius 3 is 2.81 bits per heavy atom. The predicted molar refractivity (Wildman–Crippen MR) is 66.5 cm³/mol. The lowest BCUT2D eigenvalue weighted by Crippen LogP contribution is -2.41. The second kappa shape index (κ2) is 6.06. The molecule has 0 fully saturated rings. The van der Waals surface area contributed by atoms with Gasteiger partial charge in [0.25, 0.3) is 5.91 Å². The summed E-state index contributed by atoms with van der Waals surface area (Å²) in [5.74, 6) is -0.00208. The molecule has 0 aliphatic heterocycles. The van der Waals surface area contributed by atoms with E-state index in [0.717, 1.165) is 4.47 Å². The number of nitrogens with one attached hydrogen (secondary N) is 1. The summed E-state index contributed by atoms with van der Waals surface area (Å²) < 4.78 is 5.95. The van der Waals surface area contributed by atoms with E-state index in [2.05, 4.69) is 20.9 Å². The summed E-state index contributed by atoms with van der Waals surface area (Å²) in [4.78, 5) is 16.8. The third-order valence-corrected chi connectivity index (χ3v) is 2.88. The highest BCUT2D eigenvalue weighted by Gasteiger charge is 2.20. The summed E-state index contributed by atoms with van der Waals surface area (Å²) in [6, 6.07) is 1.86. The van der Waals surface area contributed by atoms with Crippen LogP contribution >= 0.6 is 15.9 Å². The second-order valence-corrected chi connectivity index (χ2v) is 4.54. The first kappa shape index (κ1) is 13.3. The highest BCUT2D eigenvalue weighted by Crippen LogP contribution is 2.13.